The minimum Gasteiger partial charge on any atom is -0.487 e. The second-order valence-corrected chi connectivity index (χ2v) is 5.69. The van der Waals surface area contributed by atoms with Crippen LogP contribution in [0.4, 0.5) is 0 Å². The fourth-order valence-corrected chi connectivity index (χ4v) is 2.91. The van der Waals surface area contributed by atoms with Crippen LogP contribution in [0, 0.1) is 0 Å². The summed E-state index contributed by atoms with van der Waals surface area (Å²) in [5, 5.41) is 0.544. The molecule has 0 N–H and O–H groups in total. The zero-order valence-corrected chi connectivity index (χ0v) is 12.6. The van der Waals surface area contributed by atoms with Crippen LogP contribution < -0.4 is 4.74 Å². The molecule has 2 unspecified atom stereocenters. The number of unbranched alkanes of at least 4 members (excludes halogenated alkanes) is 1. The third-order valence-electron chi connectivity index (χ3n) is 3.79. The van der Waals surface area contributed by atoms with Gasteiger partial charge in [0.05, 0.1) is 11.9 Å². The van der Waals surface area contributed by atoms with E-state index < -0.39 is 0 Å². The first kappa shape index (κ1) is 14.1. The molecule has 1 aliphatic rings. The molecule has 0 saturated heterocycles. The molecule has 1 aromatic heterocycles. The molecule has 0 bridgehead atoms. The van der Waals surface area contributed by atoms with Crippen molar-refractivity contribution in [2.24, 2.45) is 0 Å². The molecule has 1 aromatic carbocycles. The number of ketones is 1. The molecular weight excluding hydrogens is 288 g/mol. The third kappa shape index (κ3) is 2.68. The Hall–Kier alpha value is -1.81. The van der Waals surface area contributed by atoms with Gasteiger partial charge in [-0.2, -0.15) is 0 Å². The Labute approximate surface area is 128 Å². The summed E-state index contributed by atoms with van der Waals surface area (Å²) >= 11 is 6.01. The van der Waals surface area contributed by atoms with Gasteiger partial charge in [-0.1, -0.05) is 24.9 Å². The lowest BCUT2D eigenvalue weighted by molar-refractivity contribution is 0.0652. The second-order valence-electron chi connectivity index (χ2n) is 5.26. The molecule has 0 spiro atoms. The van der Waals surface area contributed by atoms with E-state index in [2.05, 4.69) is 11.9 Å². The first-order valence-electron chi connectivity index (χ1n) is 7.18. The maximum atomic E-state index is 12.9. The predicted molar refractivity (Wildman–Crippen MR) is 81.0 cm³/mol. The molecule has 1 aliphatic heterocycles. The lowest BCUT2D eigenvalue weighted by Gasteiger charge is -2.33. The van der Waals surface area contributed by atoms with Crippen LogP contribution in [0.15, 0.2) is 36.9 Å². The highest BCUT2D eigenvalue weighted by atomic mass is 35.5. The molecule has 0 saturated carbocycles. The van der Waals surface area contributed by atoms with Crippen LogP contribution in [0.25, 0.3) is 0 Å². The summed E-state index contributed by atoms with van der Waals surface area (Å²) in [6, 6.07) is 4.84. The predicted octanol–water partition coefficient (Wildman–Crippen LogP) is 3.91. The smallest absolute Gasteiger partial charge is 0.193 e. The Morgan fingerprint density at radius 2 is 2.29 bits per heavy atom. The Morgan fingerprint density at radius 3 is 3.00 bits per heavy atom. The van der Waals surface area contributed by atoms with Crippen LogP contribution in [-0.4, -0.2) is 21.4 Å². The summed E-state index contributed by atoms with van der Waals surface area (Å²) in [6.07, 6.45) is 7.91. The van der Waals surface area contributed by atoms with Crippen molar-refractivity contribution in [3.05, 3.63) is 47.5 Å². The largest absolute Gasteiger partial charge is 0.487 e. The van der Waals surface area contributed by atoms with Gasteiger partial charge in [0.25, 0.3) is 0 Å². The molecule has 0 radical (unpaired) electrons. The Kier molecular flexibility index (Phi) is 3.97. The Bertz CT molecular complexity index is 640. The van der Waals surface area contributed by atoms with Gasteiger partial charge in [-0.3, -0.25) is 4.79 Å². The van der Waals surface area contributed by atoms with E-state index in [0.717, 1.165) is 19.3 Å². The third-order valence-corrected chi connectivity index (χ3v) is 4.03. The number of nitrogens with zero attached hydrogens (tertiary/aromatic N) is 2. The molecule has 2 aromatic rings. The van der Waals surface area contributed by atoms with Gasteiger partial charge in [-0.25, -0.2) is 4.98 Å². The maximum Gasteiger partial charge on any atom is 0.193 e. The molecule has 4 nitrogen and oxygen atoms in total. The lowest BCUT2D eigenvalue weighted by Crippen LogP contribution is -2.39. The number of hydrogen-bond donors (Lipinski definition) is 0. The van der Waals surface area contributed by atoms with Gasteiger partial charge in [0.1, 0.15) is 17.9 Å². The van der Waals surface area contributed by atoms with Crippen molar-refractivity contribution >= 4 is 17.4 Å². The average molecular weight is 305 g/mol. The number of Topliss-reactive ketones (excluding diaryl/α,β-unsaturated/α-hetero) is 1. The summed E-state index contributed by atoms with van der Waals surface area (Å²) in [4.78, 5) is 16.9. The quantitative estimate of drug-likeness (QED) is 0.860. The molecule has 3 rings (SSSR count). The molecule has 2 heterocycles. The highest BCUT2D eigenvalue weighted by Gasteiger charge is 2.37. The minimum atomic E-state index is -0.370. The van der Waals surface area contributed by atoms with Crippen molar-refractivity contribution in [1.29, 1.82) is 0 Å². The van der Waals surface area contributed by atoms with Gasteiger partial charge in [0.15, 0.2) is 5.78 Å². The van der Waals surface area contributed by atoms with E-state index in [1.165, 1.54) is 0 Å². The molecule has 0 fully saturated rings. The van der Waals surface area contributed by atoms with Gasteiger partial charge in [-0.15, -0.1) is 0 Å². The van der Waals surface area contributed by atoms with Crippen molar-refractivity contribution in [1.82, 2.24) is 9.55 Å². The average Bonchev–Trinajstić information content (AvgIpc) is 2.99. The number of carbonyl (C=O) groups is 1. The number of carbonyl (C=O) groups excluding carboxylic acids is 1. The van der Waals surface area contributed by atoms with E-state index >= 15 is 0 Å². The number of benzene rings is 1. The van der Waals surface area contributed by atoms with E-state index in [1.54, 1.807) is 36.9 Å². The Morgan fingerprint density at radius 1 is 1.43 bits per heavy atom. The second kappa shape index (κ2) is 5.90. The number of hydrogen-bond acceptors (Lipinski definition) is 3. The lowest BCUT2D eigenvalue weighted by atomic mass is 9.92. The summed E-state index contributed by atoms with van der Waals surface area (Å²) < 4.78 is 7.89. The summed E-state index contributed by atoms with van der Waals surface area (Å²) in [7, 11) is 0. The monoisotopic (exact) mass is 304 g/mol. The van der Waals surface area contributed by atoms with Crippen molar-refractivity contribution < 1.29 is 9.53 Å². The van der Waals surface area contributed by atoms with Gasteiger partial charge >= 0.3 is 0 Å². The van der Waals surface area contributed by atoms with Crippen molar-refractivity contribution in [3.63, 3.8) is 0 Å². The summed E-state index contributed by atoms with van der Waals surface area (Å²) in [6.45, 7) is 2.13. The summed E-state index contributed by atoms with van der Waals surface area (Å²) in [5.74, 6) is 0.666. The zero-order valence-electron chi connectivity index (χ0n) is 11.8. The molecular formula is C16H17ClN2O2. The maximum absolute atomic E-state index is 12.9. The van der Waals surface area contributed by atoms with E-state index in [-0.39, 0.29) is 17.9 Å². The van der Waals surface area contributed by atoms with Gasteiger partial charge in [0, 0.05) is 17.4 Å². The number of aromatic nitrogens is 2. The van der Waals surface area contributed by atoms with Crippen molar-refractivity contribution in [2.75, 3.05) is 0 Å². The first-order valence-corrected chi connectivity index (χ1v) is 7.56. The molecule has 0 aliphatic carbocycles. The fraction of sp³-hybridized carbons (Fsp3) is 0.375. The van der Waals surface area contributed by atoms with Gasteiger partial charge in [0.2, 0.25) is 0 Å². The van der Waals surface area contributed by atoms with Crippen LogP contribution in [0.5, 0.6) is 5.75 Å². The summed E-state index contributed by atoms with van der Waals surface area (Å²) in [5.41, 5.74) is 0.550. The van der Waals surface area contributed by atoms with Crippen molar-refractivity contribution in [2.45, 2.75) is 38.3 Å². The fourth-order valence-electron chi connectivity index (χ4n) is 2.74. The molecule has 110 valence electrons. The number of imidazole rings is 1. The van der Waals surface area contributed by atoms with Crippen LogP contribution in [-0.2, 0) is 0 Å². The van der Waals surface area contributed by atoms with Crippen molar-refractivity contribution in [3.8, 4) is 5.75 Å². The standard InChI is InChI=1S/C16H17ClN2O2/c1-2-3-4-14-15(19-8-7-18-10-19)16(20)12-9-11(17)5-6-13(12)21-14/h5-10,14-15H,2-4H2,1H3. The highest BCUT2D eigenvalue weighted by molar-refractivity contribution is 6.31. The SMILES string of the molecule is CCCCC1Oc2ccc(Cl)cc2C(=O)C1n1ccnc1. The first-order chi connectivity index (χ1) is 10.2. The molecule has 0 amide bonds. The number of rotatable bonds is 4. The molecule has 5 heteroatoms. The van der Waals surface area contributed by atoms with Crippen LogP contribution in [0.1, 0.15) is 42.6 Å². The number of fused-ring (bicyclic) bond motifs is 1. The highest BCUT2D eigenvalue weighted by Crippen LogP contribution is 2.36. The Balaban J connectivity index is 2.00. The van der Waals surface area contributed by atoms with E-state index in [1.807, 2.05) is 4.57 Å². The van der Waals surface area contributed by atoms with Gasteiger partial charge in [-0.05, 0) is 31.0 Å². The molecule has 2 atom stereocenters. The topological polar surface area (TPSA) is 44.1 Å². The van der Waals surface area contributed by atoms with E-state index in [0.29, 0.717) is 16.3 Å². The number of halogens is 1. The molecule has 21 heavy (non-hydrogen) atoms. The zero-order chi connectivity index (χ0) is 14.8. The normalized spacial score (nSPS) is 21.0. The van der Waals surface area contributed by atoms with Gasteiger partial charge < -0.3 is 9.30 Å². The van der Waals surface area contributed by atoms with Crippen LogP contribution >= 0.6 is 11.6 Å². The van der Waals surface area contributed by atoms with Crippen LogP contribution in [0.3, 0.4) is 0 Å². The van der Waals surface area contributed by atoms with E-state index in [4.69, 9.17) is 16.3 Å². The minimum absolute atomic E-state index is 0.0397. The van der Waals surface area contributed by atoms with E-state index in [9.17, 15) is 4.79 Å². The van der Waals surface area contributed by atoms with Crippen LogP contribution in [0.2, 0.25) is 5.02 Å². The number of ether oxygens (including phenoxy) is 1.